The number of nitrogens with one attached hydrogen (secondary N) is 1. The highest BCUT2D eigenvalue weighted by atomic mass is 16.5. The van der Waals surface area contributed by atoms with Crippen LogP contribution in [0.4, 0.5) is 11.6 Å². The highest BCUT2D eigenvalue weighted by molar-refractivity contribution is 6.27. The van der Waals surface area contributed by atoms with E-state index < -0.39 is 0 Å². The second kappa shape index (κ2) is 12.0. The van der Waals surface area contributed by atoms with E-state index in [1.807, 2.05) is 12.1 Å². The Morgan fingerprint density at radius 3 is 1.81 bits per heavy atom. The second-order valence-electron chi connectivity index (χ2n) is 12.6. The lowest BCUT2D eigenvalue weighted by molar-refractivity contribution is 0.102. The lowest BCUT2D eigenvalue weighted by Crippen LogP contribution is -2.14. The van der Waals surface area contributed by atoms with Gasteiger partial charge >= 0.3 is 0 Å². The number of fused-ring (bicyclic) bond motifs is 3. The number of amidine groups is 2. The van der Waals surface area contributed by atoms with Gasteiger partial charge in [-0.2, -0.15) is 0 Å². The van der Waals surface area contributed by atoms with Gasteiger partial charge in [0.2, 0.25) is 0 Å². The normalized spacial score (nSPS) is 18.6. The number of aromatic nitrogens is 2. The van der Waals surface area contributed by atoms with Crippen LogP contribution in [0.25, 0.3) is 22.3 Å². The number of methoxy groups -OCH3 is 2. The van der Waals surface area contributed by atoms with Crippen LogP contribution >= 0.6 is 0 Å². The molecule has 0 bridgehead atoms. The Morgan fingerprint density at radius 1 is 0.660 bits per heavy atom. The zero-order chi connectivity index (χ0) is 32.1. The molecule has 7 nitrogen and oxygen atoms in total. The summed E-state index contributed by atoms with van der Waals surface area (Å²) in [6.45, 7) is 4.28. The number of aliphatic imine (C=N–C) groups is 2. The van der Waals surface area contributed by atoms with Crippen molar-refractivity contribution < 1.29 is 9.47 Å². The van der Waals surface area contributed by atoms with Crippen LogP contribution in [0.3, 0.4) is 0 Å². The SMILES string of the molecule is CO[C@@H]1CCc2c(C)cc(N=C3N=C(Nc4cc(C)c5c(n4)[C@H](OC)CC5)c4cc(-c5ccccc5)c(-c5ccccc5)cc43)nc21. The maximum Gasteiger partial charge on any atom is 0.164 e. The third-order valence-corrected chi connectivity index (χ3v) is 9.75. The van der Waals surface area contributed by atoms with Crippen molar-refractivity contribution in [3.05, 3.63) is 130 Å². The Labute approximate surface area is 275 Å². The highest BCUT2D eigenvalue weighted by Crippen LogP contribution is 2.40. The molecular weight excluding hydrogens is 582 g/mol. The predicted molar refractivity (Wildman–Crippen MR) is 188 cm³/mol. The molecule has 3 aromatic carbocycles. The topological polar surface area (TPSA) is 81.0 Å². The first-order valence-electron chi connectivity index (χ1n) is 16.3. The quantitative estimate of drug-likeness (QED) is 0.206. The Bertz CT molecular complexity index is 2070. The third kappa shape index (κ3) is 5.25. The Hall–Kier alpha value is -4.98. The molecular formula is C40H37N5O2. The van der Waals surface area contributed by atoms with Crippen molar-refractivity contribution in [2.24, 2.45) is 9.98 Å². The summed E-state index contributed by atoms with van der Waals surface area (Å²) in [5.41, 5.74) is 13.4. The fraction of sp³-hybridized carbons (Fsp3) is 0.250. The summed E-state index contributed by atoms with van der Waals surface area (Å²) >= 11 is 0. The van der Waals surface area contributed by atoms with E-state index in [2.05, 4.69) is 92.0 Å². The second-order valence-corrected chi connectivity index (χ2v) is 12.6. The first-order chi connectivity index (χ1) is 23.0. The van der Waals surface area contributed by atoms with Gasteiger partial charge in [0.25, 0.3) is 0 Å². The minimum absolute atomic E-state index is 0.00328. The number of rotatable bonds is 6. The van der Waals surface area contributed by atoms with Gasteiger partial charge in [0.1, 0.15) is 11.7 Å². The van der Waals surface area contributed by atoms with Gasteiger partial charge in [-0.25, -0.2) is 20.0 Å². The number of pyridine rings is 2. The van der Waals surface area contributed by atoms with E-state index >= 15 is 0 Å². The van der Waals surface area contributed by atoms with Gasteiger partial charge in [-0.05, 0) is 108 Å². The Kier molecular flexibility index (Phi) is 7.51. The molecule has 0 fully saturated rings. The largest absolute Gasteiger partial charge is 0.375 e. The molecule has 0 spiro atoms. The zero-order valence-corrected chi connectivity index (χ0v) is 27.2. The number of aryl methyl sites for hydroxylation is 2. The summed E-state index contributed by atoms with van der Waals surface area (Å²) in [6, 6.07) is 29.7. The van der Waals surface area contributed by atoms with Crippen LogP contribution in [-0.4, -0.2) is 35.9 Å². The van der Waals surface area contributed by atoms with E-state index in [-0.39, 0.29) is 12.2 Å². The first kappa shape index (κ1) is 29.4. The van der Waals surface area contributed by atoms with Crippen LogP contribution in [0.15, 0.2) is 94.9 Å². The van der Waals surface area contributed by atoms with E-state index in [0.717, 1.165) is 76.3 Å². The molecule has 2 atom stereocenters. The maximum absolute atomic E-state index is 5.78. The molecule has 234 valence electrons. The Balaban J connectivity index is 1.30. The molecule has 5 aromatic rings. The van der Waals surface area contributed by atoms with Gasteiger partial charge in [-0.1, -0.05) is 60.7 Å². The molecule has 2 aromatic heterocycles. The van der Waals surface area contributed by atoms with Crippen molar-refractivity contribution in [1.29, 1.82) is 0 Å². The summed E-state index contributed by atoms with van der Waals surface area (Å²) in [4.78, 5) is 20.3. The number of nitrogens with zero attached hydrogens (tertiary/aromatic N) is 4. The van der Waals surface area contributed by atoms with Crippen molar-refractivity contribution in [3.8, 4) is 22.3 Å². The number of anilines is 1. The molecule has 3 aliphatic rings. The predicted octanol–water partition coefficient (Wildman–Crippen LogP) is 8.65. The molecule has 2 aliphatic carbocycles. The van der Waals surface area contributed by atoms with Gasteiger partial charge in [0.05, 0.1) is 23.6 Å². The average Bonchev–Trinajstić information content (AvgIpc) is 3.80. The fourth-order valence-corrected chi connectivity index (χ4v) is 7.35. The van der Waals surface area contributed by atoms with E-state index in [1.165, 1.54) is 22.3 Å². The van der Waals surface area contributed by atoms with Crippen LogP contribution < -0.4 is 5.32 Å². The van der Waals surface area contributed by atoms with Crippen molar-refractivity contribution in [1.82, 2.24) is 9.97 Å². The van der Waals surface area contributed by atoms with Crippen LogP contribution in [0.5, 0.6) is 0 Å². The monoisotopic (exact) mass is 619 g/mol. The van der Waals surface area contributed by atoms with Crippen LogP contribution in [0, 0.1) is 13.8 Å². The fourth-order valence-electron chi connectivity index (χ4n) is 7.35. The minimum atomic E-state index is -0.0105. The third-order valence-electron chi connectivity index (χ3n) is 9.75. The van der Waals surface area contributed by atoms with Gasteiger partial charge in [-0.3, -0.25) is 0 Å². The van der Waals surface area contributed by atoms with E-state index in [1.54, 1.807) is 14.2 Å². The molecule has 3 heterocycles. The molecule has 0 saturated carbocycles. The highest BCUT2D eigenvalue weighted by Gasteiger charge is 2.30. The molecule has 1 aliphatic heterocycles. The first-order valence-corrected chi connectivity index (χ1v) is 16.3. The maximum atomic E-state index is 5.78. The van der Waals surface area contributed by atoms with E-state index in [0.29, 0.717) is 17.5 Å². The number of hydrogen-bond donors (Lipinski definition) is 1. The molecule has 0 radical (unpaired) electrons. The van der Waals surface area contributed by atoms with Gasteiger partial charge < -0.3 is 14.8 Å². The summed E-state index contributed by atoms with van der Waals surface area (Å²) in [7, 11) is 3.51. The van der Waals surface area contributed by atoms with Crippen LogP contribution in [0.2, 0.25) is 0 Å². The number of benzene rings is 3. The minimum Gasteiger partial charge on any atom is -0.375 e. The molecule has 1 N–H and O–H groups in total. The smallest absolute Gasteiger partial charge is 0.164 e. The van der Waals surface area contributed by atoms with Crippen molar-refractivity contribution >= 4 is 23.3 Å². The van der Waals surface area contributed by atoms with Crippen molar-refractivity contribution in [3.63, 3.8) is 0 Å². The number of hydrogen-bond acceptors (Lipinski definition) is 6. The van der Waals surface area contributed by atoms with Crippen LogP contribution in [0.1, 0.15) is 69.8 Å². The van der Waals surface area contributed by atoms with Gasteiger partial charge in [0.15, 0.2) is 11.7 Å². The van der Waals surface area contributed by atoms with Crippen molar-refractivity contribution in [2.45, 2.75) is 51.7 Å². The molecule has 0 unspecified atom stereocenters. The molecule has 8 rings (SSSR count). The summed E-state index contributed by atoms with van der Waals surface area (Å²) in [5.74, 6) is 2.71. The molecule has 0 saturated heterocycles. The van der Waals surface area contributed by atoms with E-state index in [9.17, 15) is 0 Å². The average molecular weight is 620 g/mol. The lowest BCUT2D eigenvalue weighted by Gasteiger charge is -2.16. The van der Waals surface area contributed by atoms with E-state index in [4.69, 9.17) is 29.4 Å². The van der Waals surface area contributed by atoms with Crippen molar-refractivity contribution in [2.75, 3.05) is 19.5 Å². The summed E-state index contributed by atoms with van der Waals surface area (Å²) < 4.78 is 11.5. The molecule has 7 heteroatoms. The van der Waals surface area contributed by atoms with Gasteiger partial charge in [0, 0.05) is 25.3 Å². The summed E-state index contributed by atoms with van der Waals surface area (Å²) in [6.07, 6.45) is 3.83. The molecule has 0 amide bonds. The molecule has 47 heavy (non-hydrogen) atoms. The number of ether oxygens (including phenoxy) is 2. The van der Waals surface area contributed by atoms with Crippen LogP contribution in [-0.2, 0) is 22.3 Å². The lowest BCUT2D eigenvalue weighted by atomic mass is 9.90. The standard InChI is InChI=1S/C40H37N5O2/c1-23-19-35(41-37-27(23)15-17-33(37)46-3)43-39-31-21-29(25-11-7-5-8-12-25)30(26-13-9-6-10-14-26)22-32(31)40(45-39)44-36-20-24(2)28-16-18-34(47-4)38(28)42-36/h5-14,19-22,33-34H,15-18H2,1-4H3,(H,41,42,43,44,45)/t33-,34-/m1/s1. The zero-order valence-electron chi connectivity index (χ0n) is 27.2. The van der Waals surface area contributed by atoms with Gasteiger partial charge in [-0.15, -0.1) is 0 Å². The Morgan fingerprint density at radius 2 is 1.21 bits per heavy atom. The summed E-state index contributed by atoms with van der Waals surface area (Å²) in [5, 5.41) is 3.60.